The first-order valence-electron chi connectivity index (χ1n) is 4.82. The summed E-state index contributed by atoms with van der Waals surface area (Å²) in [6, 6.07) is 2.27. The Balaban J connectivity index is 3.12. The molecule has 0 aliphatic carbocycles. The van der Waals surface area contributed by atoms with Gasteiger partial charge in [-0.15, -0.1) is 0 Å². The monoisotopic (exact) mass is 370 g/mol. The summed E-state index contributed by atoms with van der Waals surface area (Å²) in [5.41, 5.74) is -4.84. The number of alkyl halides is 3. The lowest BCUT2D eigenvalue weighted by atomic mass is 10.3. The number of halogens is 4. The lowest BCUT2D eigenvalue weighted by molar-refractivity contribution is -0.0329. The molecule has 0 heterocycles. The summed E-state index contributed by atoms with van der Waals surface area (Å²) in [4.78, 5) is 6.05. The maximum atomic E-state index is 13.5. The zero-order valence-corrected chi connectivity index (χ0v) is 12.4. The van der Waals surface area contributed by atoms with E-state index in [1.807, 2.05) is 0 Å². The molecule has 0 saturated carbocycles. The van der Waals surface area contributed by atoms with Crippen molar-refractivity contribution < 1.29 is 44.1 Å². The van der Waals surface area contributed by atoms with Gasteiger partial charge in [-0.3, -0.25) is 9.09 Å². The van der Waals surface area contributed by atoms with Crippen LogP contribution in [0, 0.1) is 5.82 Å². The molecule has 1 aromatic carbocycles. The van der Waals surface area contributed by atoms with Gasteiger partial charge in [0.25, 0.3) is 0 Å². The Hall–Kier alpha value is -0.650. The van der Waals surface area contributed by atoms with Gasteiger partial charge in [-0.05, 0) is 23.9 Å². The van der Waals surface area contributed by atoms with E-state index in [9.17, 15) is 30.5 Å². The number of rotatable bonds is 6. The Kier molecular flexibility index (Phi) is 6.20. The Labute approximate surface area is 121 Å². The second-order valence-corrected chi connectivity index (χ2v) is 6.69. The molecule has 0 fully saturated rings. The van der Waals surface area contributed by atoms with Crippen molar-refractivity contribution in [3.05, 3.63) is 24.0 Å². The topological polar surface area (TPSA) is 89.9 Å². The van der Waals surface area contributed by atoms with E-state index in [0.29, 0.717) is 6.07 Å². The van der Waals surface area contributed by atoms with Gasteiger partial charge < -0.3 is 4.89 Å². The van der Waals surface area contributed by atoms with Gasteiger partial charge in [0.05, 0.1) is 0 Å². The van der Waals surface area contributed by atoms with E-state index < -0.39 is 58.0 Å². The highest BCUT2D eigenvalue weighted by Crippen LogP contribution is 2.41. The standard InChI is InChI=1S/C8H7F4O6PS2/c9-5-2-1-3-6(20-8(10,11)12)7(5)21(15,16)18-4-17-19(13)14/h1-3,19H,4H2,(H,13,14). The SMILES string of the molecule is O=[PH](O)OCOS(=O)(=O)c1c(F)cccc1SC(F)(F)F. The Bertz CT molecular complexity index is 632. The van der Waals surface area contributed by atoms with Gasteiger partial charge in [0.2, 0.25) is 0 Å². The average molecular weight is 370 g/mol. The molecule has 21 heavy (non-hydrogen) atoms. The van der Waals surface area contributed by atoms with Gasteiger partial charge in [-0.25, -0.2) is 8.57 Å². The summed E-state index contributed by atoms with van der Waals surface area (Å²) in [6.45, 7) is -1.24. The fourth-order valence-electron chi connectivity index (χ4n) is 1.13. The fourth-order valence-corrected chi connectivity index (χ4v) is 3.31. The van der Waals surface area contributed by atoms with Crippen molar-refractivity contribution >= 4 is 30.1 Å². The highest BCUT2D eigenvalue weighted by atomic mass is 32.2. The molecule has 0 aromatic heterocycles. The van der Waals surface area contributed by atoms with Crippen LogP contribution >= 0.6 is 20.0 Å². The van der Waals surface area contributed by atoms with Crippen LogP contribution in [0.3, 0.4) is 0 Å². The van der Waals surface area contributed by atoms with Crippen molar-refractivity contribution in [3.63, 3.8) is 0 Å². The second-order valence-electron chi connectivity index (χ2n) is 3.21. The van der Waals surface area contributed by atoms with E-state index in [1.165, 1.54) is 0 Å². The fraction of sp³-hybridized carbons (Fsp3) is 0.250. The zero-order chi connectivity index (χ0) is 16.3. The van der Waals surface area contributed by atoms with E-state index >= 15 is 0 Å². The van der Waals surface area contributed by atoms with Crippen molar-refractivity contribution in [1.82, 2.24) is 0 Å². The Morgan fingerprint density at radius 2 is 1.95 bits per heavy atom. The summed E-state index contributed by atoms with van der Waals surface area (Å²) < 4.78 is 91.9. The molecule has 0 bridgehead atoms. The summed E-state index contributed by atoms with van der Waals surface area (Å²) in [5.74, 6) is -1.46. The predicted octanol–water partition coefficient (Wildman–Crippen LogP) is 2.50. The van der Waals surface area contributed by atoms with Crippen LogP contribution in [0.15, 0.2) is 28.0 Å². The maximum absolute atomic E-state index is 13.5. The van der Waals surface area contributed by atoms with Gasteiger partial charge in [-0.1, -0.05) is 6.07 Å². The highest BCUT2D eigenvalue weighted by Gasteiger charge is 2.34. The molecule has 6 nitrogen and oxygen atoms in total. The molecule has 0 aliphatic heterocycles. The van der Waals surface area contributed by atoms with Crippen molar-refractivity contribution in [2.24, 2.45) is 0 Å². The van der Waals surface area contributed by atoms with Gasteiger partial charge in [0.15, 0.2) is 6.79 Å². The number of hydrogen-bond donors (Lipinski definition) is 1. The van der Waals surface area contributed by atoms with E-state index in [4.69, 9.17) is 4.89 Å². The summed E-state index contributed by atoms with van der Waals surface area (Å²) in [7, 11) is -8.45. The average Bonchev–Trinajstić information content (AvgIpc) is 2.25. The summed E-state index contributed by atoms with van der Waals surface area (Å²) in [6.07, 6.45) is 0. The zero-order valence-electron chi connectivity index (χ0n) is 9.76. The third-order valence-corrected chi connectivity index (χ3v) is 4.40. The first-order chi connectivity index (χ1) is 9.53. The minimum Gasteiger partial charge on any atom is -0.326 e. The largest absolute Gasteiger partial charge is 0.446 e. The normalized spacial score (nSPS) is 14.1. The van der Waals surface area contributed by atoms with E-state index in [0.717, 1.165) is 12.1 Å². The van der Waals surface area contributed by atoms with Crippen LogP contribution in [-0.2, 0) is 23.4 Å². The van der Waals surface area contributed by atoms with Crippen LogP contribution in [0.5, 0.6) is 0 Å². The molecule has 0 saturated heterocycles. The van der Waals surface area contributed by atoms with Crippen LogP contribution in [0.1, 0.15) is 0 Å². The number of hydrogen-bond acceptors (Lipinski definition) is 6. The van der Waals surface area contributed by atoms with Crippen molar-refractivity contribution in [2.45, 2.75) is 15.3 Å². The molecular formula is C8H7F4O6PS2. The maximum Gasteiger partial charge on any atom is 0.446 e. The quantitative estimate of drug-likeness (QED) is 0.271. The Morgan fingerprint density at radius 1 is 1.33 bits per heavy atom. The van der Waals surface area contributed by atoms with Crippen LogP contribution < -0.4 is 0 Å². The highest BCUT2D eigenvalue weighted by molar-refractivity contribution is 8.00. The minimum absolute atomic E-state index is 0.631. The third-order valence-electron chi connectivity index (χ3n) is 1.79. The molecule has 120 valence electrons. The van der Waals surface area contributed by atoms with E-state index in [2.05, 4.69) is 8.71 Å². The van der Waals surface area contributed by atoms with Crippen molar-refractivity contribution in [1.29, 1.82) is 0 Å². The molecule has 1 N–H and O–H groups in total. The summed E-state index contributed by atoms with van der Waals surface area (Å²) in [5, 5.41) is 0. The second kappa shape index (κ2) is 7.07. The van der Waals surface area contributed by atoms with Crippen LogP contribution in [0.4, 0.5) is 17.6 Å². The number of thioether (sulfide) groups is 1. The van der Waals surface area contributed by atoms with Crippen LogP contribution in [0.2, 0.25) is 0 Å². The predicted molar refractivity (Wildman–Crippen MR) is 63.8 cm³/mol. The minimum atomic E-state index is -4.94. The lowest BCUT2D eigenvalue weighted by Crippen LogP contribution is -2.12. The molecule has 0 amide bonds. The molecule has 13 heteroatoms. The van der Waals surface area contributed by atoms with Crippen LogP contribution in [0.25, 0.3) is 0 Å². The Morgan fingerprint density at radius 3 is 2.48 bits per heavy atom. The molecule has 1 atom stereocenters. The number of benzene rings is 1. The van der Waals surface area contributed by atoms with E-state index in [1.54, 1.807) is 0 Å². The smallest absolute Gasteiger partial charge is 0.326 e. The summed E-state index contributed by atoms with van der Waals surface area (Å²) >= 11 is -0.837. The molecule has 0 spiro atoms. The lowest BCUT2D eigenvalue weighted by Gasteiger charge is -2.12. The van der Waals surface area contributed by atoms with Crippen molar-refractivity contribution in [2.75, 3.05) is 6.79 Å². The third kappa shape index (κ3) is 5.93. The van der Waals surface area contributed by atoms with Crippen LogP contribution in [-0.4, -0.2) is 25.6 Å². The van der Waals surface area contributed by atoms with Gasteiger partial charge in [0, 0.05) is 4.90 Å². The molecule has 0 aliphatic rings. The molecule has 1 unspecified atom stereocenters. The first-order valence-corrected chi connectivity index (χ1v) is 8.31. The molecular weight excluding hydrogens is 363 g/mol. The van der Waals surface area contributed by atoms with Gasteiger partial charge in [-0.2, -0.15) is 21.6 Å². The molecule has 0 radical (unpaired) electrons. The molecule has 1 rings (SSSR count). The first kappa shape index (κ1) is 18.4. The van der Waals surface area contributed by atoms with Gasteiger partial charge in [0.1, 0.15) is 10.7 Å². The van der Waals surface area contributed by atoms with Crippen molar-refractivity contribution in [3.8, 4) is 0 Å². The van der Waals surface area contributed by atoms with Gasteiger partial charge >= 0.3 is 23.9 Å². The molecule has 1 aromatic rings. The van der Waals surface area contributed by atoms with E-state index in [-0.39, 0.29) is 0 Å².